The smallest absolute Gasteiger partial charge is 0.222 e. The molecule has 0 fully saturated rings. The number of anilines is 1. The molecule has 0 spiro atoms. The molecule has 4 heteroatoms. The van der Waals surface area contributed by atoms with Crippen LogP contribution in [0.25, 0.3) is 0 Å². The Morgan fingerprint density at radius 1 is 1.11 bits per heavy atom. The fourth-order valence-corrected chi connectivity index (χ4v) is 2.04. The van der Waals surface area contributed by atoms with E-state index < -0.39 is 6.10 Å². The predicted molar refractivity (Wildman–Crippen MR) is 75.8 cm³/mol. The van der Waals surface area contributed by atoms with Crippen molar-refractivity contribution in [3.05, 3.63) is 54.4 Å². The van der Waals surface area contributed by atoms with E-state index in [1.165, 1.54) is 0 Å². The van der Waals surface area contributed by atoms with Gasteiger partial charge in [-0.05, 0) is 18.1 Å². The molecule has 0 saturated heterocycles. The van der Waals surface area contributed by atoms with Crippen LogP contribution in [0.15, 0.2) is 48.8 Å². The molecule has 0 bridgehead atoms. The molecule has 0 aliphatic rings. The molecular weight excluding hydrogens is 238 g/mol. The van der Waals surface area contributed by atoms with E-state index in [1.54, 1.807) is 18.5 Å². The molecule has 1 aromatic heterocycles. The van der Waals surface area contributed by atoms with E-state index in [0.29, 0.717) is 5.95 Å². The van der Waals surface area contributed by atoms with Gasteiger partial charge in [0, 0.05) is 12.4 Å². The van der Waals surface area contributed by atoms with E-state index in [9.17, 15) is 5.11 Å². The van der Waals surface area contributed by atoms with Crippen LogP contribution in [-0.4, -0.2) is 21.1 Å². The zero-order valence-electron chi connectivity index (χ0n) is 11.0. The maximum Gasteiger partial charge on any atom is 0.222 e. The van der Waals surface area contributed by atoms with Crippen molar-refractivity contribution < 1.29 is 5.11 Å². The van der Waals surface area contributed by atoms with Gasteiger partial charge in [0.25, 0.3) is 0 Å². The van der Waals surface area contributed by atoms with E-state index in [2.05, 4.69) is 22.2 Å². The van der Waals surface area contributed by atoms with Crippen molar-refractivity contribution in [2.24, 2.45) is 0 Å². The molecule has 0 amide bonds. The predicted octanol–water partition coefficient (Wildman–Crippen LogP) is 2.79. The summed E-state index contributed by atoms with van der Waals surface area (Å²) in [5.41, 5.74) is 0.907. The Morgan fingerprint density at radius 3 is 2.42 bits per heavy atom. The van der Waals surface area contributed by atoms with Crippen molar-refractivity contribution in [1.29, 1.82) is 0 Å². The molecule has 2 aromatic rings. The van der Waals surface area contributed by atoms with Gasteiger partial charge < -0.3 is 10.4 Å². The summed E-state index contributed by atoms with van der Waals surface area (Å²) in [7, 11) is 0. The molecule has 1 aromatic carbocycles. The van der Waals surface area contributed by atoms with Crippen LogP contribution in [0.3, 0.4) is 0 Å². The molecule has 2 atom stereocenters. The number of aliphatic hydroxyl groups is 1. The normalized spacial score (nSPS) is 13.8. The van der Waals surface area contributed by atoms with Gasteiger partial charge in [-0.15, -0.1) is 0 Å². The van der Waals surface area contributed by atoms with Crippen LogP contribution in [-0.2, 0) is 0 Å². The Balaban J connectivity index is 2.11. The highest BCUT2D eigenvalue weighted by Crippen LogP contribution is 2.21. The van der Waals surface area contributed by atoms with E-state index in [0.717, 1.165) is 18.4 Å². The first-order chi connectivity index (χ1) is 9.31. The molecule has 2 rings (SSSR count). The second-order valence-corrected chi connectivity index (χ2v) is 4.47. The molecular formula is C15H19N3O. The molecule has 4 nitrogen and oxygen atoms in total. The number of hydrogen-bond donors (Lipinski definition) is 2. The molecule has 0 unspecified atom stereocenters. The van der Waals surface area contributed by atoms with Gasteiger partial charge in [0.05, 0.1) is 12.1 Å². The summed E-state index contributed by atoms with van der Waals surface area (Å²) in [5, 5.41) is 13.7. The molecule has 0 saturated carbocycles. The number of hydrogen-bond acceptors (Lipinski definition) is 4. The zero-order valence-corrected chi connectivity index (χ0v) is 11.0. The summed E-state index contributed by atoms with van der Waals surface area (Å²) in [6.07, 6.45) is 4.65. The molecule has 0 aliphatic carbocycles. The van der Waals surface area contributed by atoms with Crippen LogP contribution in [0.4, 0.5) is 5.95 Å². The minimum Gasteiger partial charge on any atom is -0.386 e. The summed E-state index contributed by atoms with van der Waals surface area (Å²) in [6.45, 7) is 2.10. The van der Waals surface area contributed by atoms with Gasteiger partial charge in [-0.2, -0.15) is 0 Å². The van der Waals surface area contributed by atoms with E-state index in [1.807, 2.05) is 30.3 Å². The van der Waals surface area contributed by atoms with Crippen LogP contribution in [0, 0.1) is 0 Å². The quantitative estimate of drug-likeness (QED) is 0.835. The SMILES string of the molecule is CCC[C@H](Nc1ncccn1)[C@@H](O)c1ccccc1. The van der Waals surface area contributed by atoms with Gasteiger partial charge >= 0.3 is 0 Å². The Bertz CT molecular complexity index is 475. The number of nitrogens with zero attached hydrogens (tertiary/aromatic N) is 2. The standard InChI is InChI=1S/C15H19N3O/c1-2-7-13(18-15-16-10-6-11-17-15)14(19)12-8-4-3-5-9-12/h3-6,8-11,13-14,19H,2,7H2,1H3,(H,16,17,18)/t13-,14-/m0/s1. The zero-order chi connectivity index (χ0) is 13.5. The fourth-order valence-electron chi connectivity index (χ4n) is 2.04. The topological polar surface area (TPSA) is 58.0 Å². The van der Waals surface area contributed by atoms with Crippen LogP contribution < -0.4 is 5.32 Å². The lowest BCUT2D eigenvalue weighted by atomic mass is 9.99. The van der Waals surface area contributed by atoms with E-state index >= 15 is 0 Å². The largest absolute Gasteiger partial charge is 0.386 e. The Hall–Kier alpha value is -1.94. The first-order valence-electron chi connectivity index (χ1n) is 6.58. The van der Waals surface area contributed by atoms with E-state index in [-0.39, 0.29) is 6.04 Å². The van der Waals surface area contributed by atoms with Crippen molar-refractivity contribution in [1.82, 2.24) is 9.97 Å². The Kier molecular flexibility index (Phi) is 4.86. The van der Waals surface area contributed by atoms with Crippen molar-refractivity contribution in [2.45, 2.75) is 31.9 Å². The van der Waals surface area contributed by atoms with Gasteiger partial charge in [-0.1, -0.05) is 43.7 Å². The van der Waals surface area contributed by atoms with Crippen LogP contribution in [0.5, 0.6) is 0 Å². The summed E-state index contributed by atoms with van der Waals surface area (Å²) >= 11 is 0. The summed E-state index contributed by atoms with van der Waals surface area (Å²) < 4.78 is 0. The maximum atomic E-state index is 10.5. The maximum absolute atomic E-state index is 10.5. The van der Waals surface area contributed by atoms with Gasteiger partial charge in [0.2, 0.25) is 5.95 Å². The number of nitrogens with one attached hydrogen (secondary N) is 1. The summed E-state index contributed by atoms with van der Waals surface area (Å²) in [4.78, 5) is 8.29. The number of rotatable bonds is 6. The Labute approximate surface area is 113 Å². The lowest BCUT2D eigenvalue weighted by molar-refractivity contribution is 0.149. The lowest BCUT2D eigenvalue weighted by Gasteiger charge is -2.24. The van der Waals surface area contributed by atoms with Crippen molar-refractivity contribution in [3.8, 4) is 0 Å². The minimum absolute atomic E-state index is 0.0881. The average Bonchev–Trinajstić information content (AvgIpc) is 2.48. The van der Waals surface area contributed by atoms with Crippen molar-refractivity contribution in [2.75, 3.05) is 5.32 Å². The number of aliphatic hydroxyl groups excluding tert-OH is 1. The molecule has 100 valence electrons. The number of aromatic nitrogens is 2. The molecule has 0 radical (unpaired) electrons. The summed E-state index contributed by atoms with van der Waals surface area (Å²) in [5.74, 6) is 0.552. The Morgan fingerprint density at radius 2 is 1.79 bits per heavy atom. The average molecular weight is 257 g/mol. The van der Waals surface area contributed by atoms with Crippen molar-refractivity contribution in [3.63, 3.8) is 0 Å². The molecule has 19 heavy (non-hydrogen) atoms. The van der Waals surface area contributed by atoms with Crippen molar-refractivity contribution >= 4 is 5.95 Å². The fraction of sp³-hybridized carbons (Fsp3) is 0.333. The number of benzene rings is 1. The molecule has 0 aliphatic heterocycles. The highest BCUT2D eigenvalue weighted by atomic mass is 16.3. The highest BCUT2D eigenvalue weighted by molar-refractivity contribution is 5.28. The third-order valence-corrected chi connectivity index (χ3v) is 3.00. The minimum atomic E-state index is -0.565. The lowest BCUT2D eigenvalue weighted by Crippen LogP contribution is -2.28. The monoisotopic (exact) mass is 257 g/mol. The van der Waals surface area contributed by atoms with Crippen LogP contribution >= 0.6 is 0 Å². The van der Waals surface area contributed by atoms with Gasteiger partial charge in [0.15, 0.2) is 0 Å². The third-order valence-electron chi connectivity index (χ3n) is 3.00. The molecule has 1 heterocycles. The van der Waals surface area contributed by atoms with Crippen LogP contribution in [0.1, 0.15) is 31.4 Å². The van der Waals surface area contributed by atoms with Crippen LogP contribution in [0.2, 0.25) is 0 Å². The van der Waals surface area contributed by atoms with Gasteiger partial charge in [0.1, 0.15) is 0 Å². The first-order valence-corrected chi connectivity index (χ1v) is 6.58. The second-order valence-electron chi connectivity index (χ2n) is 4.47. The second kappa shape index (κ2) is 6.85. The van der Waals surface area contributed by atoms with Gasteiger partial charge in [-0.3, -0.25) is 0 Å². The highest BCUT2D eigenvalue weighted by Gasteiger charge is 2.20. The van der Waals surface area contributed by atoms with Gasteiger partial charge in [-0.25, -0.2) is 9.97 Å². The first kappa shape index (κ1) is 13.5. The third kappa shape index (κ3) is 3.76. The molecule has 2 N–H and O–H groups in total. The van der Waals surface area contributed by atoms with E-state index in [4.69, 9.17) is 0 Å². The summed E-state index contributed by atoms with van der Waals surface area (Å²) in [6, 6.07) is 11.4.